The summed E-state index contributed by atoms with van der Waals surface area (Å²) >= 11 is 0. The predicted molar refractivity (Wildman–Crippen MR) is 72.1 cm³/mol. The van der Waals surface area contributed by atoms with Gasteiger partial charge in [-0.05, 0) is 41.5 Å². The molecular formula is C16H20O. The molecule has 1 aliphatic carbocycles. The highest BCUT2D eigenvalue weighted by Crippen LogP contribution is 2.35. The van der Waals surface area contributed by atoms with E-state index in [1.807, 2.05) is 0 Å². The highest BCUT2D eigenvalue weighted by Gasteiger charge is 2.23. The van der Waals surface area contributed by atoms with Crippen LogP contribution < -0.4 is 0 Å². The molecule has 0 heterocycles. The smallest absolute Gasteiger partial charge is 0.156 e. The molecule has 1 nitrogen and oxygen atoms in total. The van der Waals surface area contributed by atoms with Gasteiger partial charge >= 0.3 is 0 Å². The number of carbonyl (C=O) groups is 1. The van der Waals surface area contributed by atoms with Crippen LogP contribution in [0.5, 0.6) is 0 Å². The number of rotatable bonds is 1. The van der Waals surface area contributed by atoms with E-state index in [9.17, 15) is 4.79 Å². The topological polar surface area (TPSA) is 17.1 Å². The van der Waals surface area contributed by atoms with Gasteiger partial charge in [0.15, 0.2) is 5.78 Å². The molecule has 90 valence electrons. The van der Waals surface area contributed by atoms with Crippen molar-refractivity contribution in [2.24, 2.45) is 0 Å². The van der Waals surface area contributed by atoms with Crippen LogP contribution in [0.2, 0.25) is 0 Å². The Morgan fingerprint density at radius 3 is 2.41 bits per heavy atom. The van der Waals surface area contributed by atoms with E-state index in [1.54, 1.807) is 6.92 Å². The van der Waals surface area contributed by atoms with Crippen LogP contribution in [0, 0.1) is 0 Å². The molecule has 0 fully saturated rings. The highest BCUT2D eigenvalue weighted by atomic mass is 16.1. The molecular weight excluding hydrogens is 208 g/mol. The van der Waals surface area contributed by atoms with Gasteiger partial charge in [0.2, 0.25) is 0 Å². The number of Topliss-reactive ketones (excluding diaryl/α,β-unsaturated/α-hetero) is 1. The molecule has 0 unspecified atom stereocenters. The van der Waals surface area contributed by atoms with Crippen LogP contribution in [0.25, 0.3) is 5.57 Å². The second kappa shape index (κ2) is 3.83. The van der Waals surface area contributed by atoms with E-state index in [1.165, 1.54) is 22.3 Å². The van der Waals surface area contributed by atoms with E-state index in [-0.39, 0.29) is 11.2 Å². The summed E-state index contributed by atoms with van der Waals surface area (Å²) in [5.74, 6) is 0.205. The van der Waals surface area contributed by atoms with Crippen molar-refractivity contribution in [3.05, 3.63) is 40.5 Å². The predicted octanol–water partition coefficient (Wildman–Crippen LogP) is 3.90. The molecule has 1 aliphatic rings. The van der Waals surface area contributed by atoms with E-state index >= 15 is 0 Å². The first-order chi connectivity index (χ1) is 7.80. The summed E-state index contributed by atoms with van der Waals surface area (Å²) in [7, 11) is 0. The van der Waals surface area contributed by atoms with Crippen LogP contribution >= 0.6 is 0 Å². The van der Waals surface area contributed by atoms with Gasteiger partial charge in [0.1, 0.15) is 0 Å². The molecule has 0 bridgehead atoms. The van der Waals surface area contributed by atoms with Crippen molar-refractivity contribution in [2.45, 2.75) is 46.5 Å². The number of ketones is 1. The minimum Gasteiger partial charge on any atom is -0.295 e. The van der Waals surface area contributed by atoms with Gasteiger partial charge in [-0.2, -0.15) is 0 Å². The average molecular weight is 228 g/mol. The van der Waals surface area contributed by atoms with Crippen molar-refractivity contribution in [2.75, 3.05) is 0 Å². The maximum atomic E-state index is 11.5. The van der Waals surface area contributed by atoms with Gasteiger partial charge in [0, 0.05) is 12.0 Å². The Morgan fingerprint density at radius 1 is 1.24 bits per heavy atom. The molecule has 17 heavy (non-hydrogen) atoms. The van der Waals surface area contributed by atoms with Gasteiger partial charge in [-0.25, -0.2) is 0 Å². The SMILES string of the molecule is CC(=O)C1=C(C)c2cc(C(C)(C)C)ccc2C1. The van der Waals surface area contributed by atoms with E-state index in [0.717, 1.165) is 12.0 Å². The molecule has 1 aromatic carbocycles. The molecule has 0 aromatic heterocycles. The molecule has 0 atom stereocenters. The standard InChI is InChI=1S/C16H20O/c1-10-14(11(2)17)8-12-6-7-13(9-15(10)12)16(3,4)5/h6-7,9H,8H2,1-5H3. The summed E-state index contributed by atoms with van der Waals surface area (Å²) in [5.41, 5.74) is 6.20. The average Bonchev–Trinajstić information content (AvgIpc) is 2.54. The second-order valence-electron chi connectivity index (χ2n) is 5.96. The zero-order chi connectivity index (χ0) is 12.8. The molecule has 0 aliphatic heterocycles. The molecule has 0 saturated heterocycles. The lowest BCUT2D eigenvalue weighted by Gasteiger charge is -2.20. The highest BCUT2D eigenvalue weighted by molar-refractivity contribution is 6.03. The molecule has 1 aromatic rings. The quantitative estimate of drug-likeness (QED) is 0.712. The monoisotopic (exact) mass is 228 g/mol. The van der Waals surface area contributed by atoms with Gasteiger partial charge in [-0.15, -0.1) is 0 Å². The van der Waals surface area contributed by atoms with E-state index in [2.05, 4.69) is 45.9 Å². The van der Waals surface area contributed by atoms with Crippen molar-refractivity contribution in [1.82, 2.24) is 0 Å². The zero-order valence-electron chi connectivity index (χ0n) is 11.3. The largest absolute Gasteiger partial charge is 0.295 e. The number of hydrogen-bond acceptors (Lipinski definition) is 1. The first-order valence-corrected chi connectivity index (χ1v) is 6.15. The van der Waals surface area contributed by atoms with E-state index in [0.29, 0.717) is 0 Å². The number of allylic oxidation sites excluding steroid dienone is 2. The molecule has 0 amide bonds. The fourth-order valence-electron chi connectivity index (χ4n) is 2.42. The van der Waals surface area contributed by atoms with Gasteiger partial charge < -0.3 is 0 Å². The lowest BCUT2D eigenvalue weighted by Crippen LogP contribution is -2.11. The summed E-state index contributed by atoms with van der Waals surface area (Å²) in [6, 6.07) is 6.62. The molecule has 0 N–H and O–H groups in total. The summed E-state index contributed by atoms with van der Waals surface area (Å²) in [5, 5.41) is 0. The van der Waals surface area contributed by atoms with Gasteiger partial charge in [0.05, 0.1) is 0 Å². The minimum absolute atomic E-state index is 0.161. The number of hydrogen-bond donors (Lipinski definition) is 0. The Bertz CT molecular complexity index is 513. The third-order valence-electron chi connectivity index (χ3n) is 3.62. The molecule has 0 radical (unpaired) electrons. The van der Waals surface area contributed by atoms with Crippen molar-refractivity contribution in [1.29, 1.82) is 0 Å². The minimum atomic E-state index is 0.161. The molecule has 0 spiro atoms. The number of fused-ring (bicyclic) bond motifs is 1. The maximum absolute atomic E-state index is 11.5. The van der Waals surface area contributed by atoms with Crippen LogP contribution in [-0.4, -0.2) is 5.78 Å². The lowest BCUT2D eigenvalue weighted by atomic mass is 9.85. The lowest BCUT2D eigenvalue weighted by molar-refractivity contribution is -0.113. The van der Waals surface area contributed by atoms with Crippen LogP contribution in [-0.2, 0) is 16.6 Å². The number of carbonyl (C=O) groups excluding carboxylic acids is 1. The van der Waals surface area contributed by atoms with Crippen molar-refractivity contribution in [3.63, 3.8) is 0 Å². The third kappa shape index (κ3) is 2.06. The Balaban J connectivity index is 2.52. The summed E-state index contributed by atoms with van der Waals surface area (Å²) in [6.45, 7) is 10.4. The van der Waals surface area contributed by atoms with Crippen LogP contribution in [0.4, 0.5) is 0 Å². The second-order valence-corrected chi connectivity index (χ2v) is 5.96. The fraction of sp³-hybridized carbons (Fsp3) is 0.438. The van der Waals surface area contributed by atoms with Crippen LogP contribution in [0.15, 0.2) is 23.8 Å². The Labute approximate surface area is 104 Å². The Hall–Kier alpha value is -1.37. The fourth-order valence-corrected chi connectivity index (χ4v) is 2.42. The molecule has 1 heteroatoms. The summed E-state index contributed by atoms with van der Waals surface area (Å²) in [4.78, 5) is 11.5. The van der Waals surface area contributed by atoms with Crippen molar-refractivity contribution < 1.29 is 4.79 Å². The van der Waals surface area contributed by atoms with Crippen LogP contribution in [0.3, 0.4) is 0 Å². The number of benzene rings is 1. The van der Waals surface area contributed by atoms with Gasteiger partial charge in [-0.1, -0.05) is 39.0 Å². The maximum Gasteiger partial charge on any atom is 0.156 e. The summed E-state index contributed by atoms with van der Waals surface area (Å²) in [6.07, 6.45) is 0.806. The molecule has 0 saturated carbocycles. The van der Waals surface area contributed by atoms with E-state index in [4.69, 9.17) is 0 Å². The molecule has 2 rings (SSSR count). The van der Waals surface area contributed by atoms with E-state index < -0.39 is 0 Å². The van der Waals surface area contributed by atoms with Crippen molar-refractivity contribution in [3.8, 4) is 0 Å². The normalized spacial score (nSPS) is 15.1. The third-order valence-corrected chi connectivity index (χ3v) is 3.62. The summed E-state index contributed by atoms with van der Waals surface area (Å²) < 4.78 is 0. The first-order valence-electron chi connectivity index (χ1n) is 6.15. The van der Waals surface area contributed by atoms with Crippen LogP contribution in [0.1, 0.15) is 51.3 Å². The first kappa shape index (κ1) is 12.1. The van der Waals surface area contributed by atoms with Gasteiger partial charge in [-0.3, -0.25) is 4.79 Å². The van der Waals surface area contributed by atoms with Crippen molar-refractivity contribution >= 4 is 11.4 Å². The Morgan fingerprint density at radius 2 is 1.88 bits per heavy atom. The Kier molecular flexibility index (Phi) is 2.73. The van der Waals surface area contributed by atoms with Gasteiger partial charge in [0.25, 0.3) is 0 Å². The zero-order valence-corrected chi connectivity index (χ0v) is 11.3.